The third-order valence-corrected chi connectivity index (χ3v) is 2.08. The zero-order valence-electron chi connectivity index (χ0n) is 8.02. The van der Waals surface area contributed by atoms with Crippen molar-refractivity contribution >= 4 is 5.97 Å². The summed E-state index contributed by atoms with van der Waals surface area (Å²) in [6.45, 7) is 1.76. The molecule has 6 nitrogen and oxygen atoms in total. The maximum absolute atomic E-state index is 10.6. The number of aliphatic carboxylic acids is 1. The lowest BCUT2D eigenvalue weighted by Gasteiger charge is -1.97. The minimum absolute atomic E-state index is 0.0730. The summed E-state index contributed by atoms with van der Waals surface area (Å²) in [5, 5.41) is 18.9. The highest BCUT2D eigenvalue weighted by Crippen LogP contribution is 2.24. The molecule has 2 aromatic rings. The van der Waals surface area contributed by atoms with E-state index >= 15 is 0 Å². The zero-order valence-corrected chi connectivity index (χ0v) is 8.02. The fourth-order valence-electron chi connectivity index (χ4n) is 1.38. The summed E-state index contributed by atoms with van der Waals surface area (Å²) in [7, 11) is 0. The van der Waals surface area contributed by atoms with Gasteiger partial charge in [-0.1, -0.05) is 5.16 Å². The predicted octanol–water partition coefficient (Wildman–Crippen LogP) is 1.00. The Morgan fingerprint density at radius 2 is 2.40 bits per heavy atom. The summed E-state index contributed by atoms with van der Waals surface area (Å²) in [6, 6.07) is 0. The first-order chi connectivity index (χ1) is 7.18. The van der Waals surface area contributed by atoms with Crippen LogP contribution in [0.4, 0.5) is 0 Å². The van der Waals surface area contributed by atoms with Crippen LogP contribution in [0.2, 0.25) is 0 Å². The van der Waals surface area contributed by atoms with Crippen LogP contribution in [0.25, 0.3) is 11.3 Å². The van der Waals surface area contributed by atoms with Gasteiger partial charge in [0.15, 0.2) is 0 Å². The summed E-state index contributed by atoms with van der Waals surface area (Å²) >= 11 is 0. The highest BCUT2D eigenvalue weighted by molar-refractivity contribution is 5.74. The monoisotopic (exact) mass is 207 g/mol. The van der Waals surface area contributed by atoms with E-state index in [4.69, 9.17) is 9.63 Å². The minimum atomic E-state index is -0.897. The van der Waals surface area contributed by atoms with Gasteiger partial charge < -0.3 is 9.63 Å². The van der Waals surface area contributed by atoms with Crippen molar-refractivity contribution in [2.75, 3.05) is 0 Å². The second-order valence-corrected chi connectivity index (χ2v) is 3.14. The standard InChI is InChI=1S/C9H9N3O3/c1-5-7(4-11-15-5)9-6(2-8(13)14)3-10-12-9/h3-4H,2H2,1H3,(H,10,12)(H,13,14). The number of H-pyrrole nitrogens is 1. The Balaban J connectivity index is 2.41. The molecule has 0 aliphatic carbocycles. The average molecular weight is 207 g/mol. The molecule has 0 radical (unpaired) electrons. The van der Waals surface area contributed by atoms with Gasteiger partial charge in [-0.3, -0.25) is 9.89 Å². The van der Waals surface area contributed by atoms with E-state index in [-0.39, 0.29) is 6.42 Å². The van der Waals surface area contributed by atoms with Crippen molar-refractivity contribution in [1.29, 1.82) is 0 Å². The van der Waals surface area contributed by atoms with Gasteiger partial charge in [-0.2, -0.15) is 5.10 Å². The molecular weight excluding hydrogens is 198 g/mol. The third kappa shape index (κ3) is 1.74. The van der Waals surface area contributed by atoms with E-state index in [1.165, 1.54) is 12.4 Å². The highest BCUT2D eigenvalue weighted by atomic mass is 16.5. The van der Waals surface area contributed by atoms with Gasteiger partial charge in [0, 0.05) is 5.56 Å². The van der Waals surface area contributed by atoms with Gasteiger partial charge in [-0.05, 0) is 6.92 Å². The number of carbonyl (C=O) groups is 1. The van der Waals surface area contributed by atoms with Crippen LogP contribution in [-0.4, -0.2) is 26.4 Å². The van der Waals surface area contributed by atoms with E-state index in [2.05, 4.69) is 15.4 Å². The van der Waals surface area contributed by atoms with Crippen LogP contribution >= 0.6 is 0 Å². The molecule has 0 aromatic carbocycles. The van der Waals surface area contributed by atoms with Crippen LogP contribution in [-0.2, 0) is 11.2 Å². The molecule has 0 saturated heterocycles. The molecule has 0 spiro atoms. The Morgan fingerprint density at radius 3 is 3.00 bits per heavy atom. The van der Waals surface area contributed by atoms with Gasteiger partial charge in [-0.15, -0.1) is 0 Å². The molecule has 78 valence electrons. The third-order valence-electron chi connectivity index (χ3n) is 2.08. The van der Waals surface area contributed by atoms with Gasteiger partial charge in [0.05, 0.1) is 30.1 Å². The van der Waals surface area contributed by atoms with Crippen molar-refractivity contribution < 1.29 is 14.4 Å². The maximum atomic E-state index is 10.6. The quantitative estimate of drug-likeness (QED) is 0.783. The molecule has 0 bridgehead atoms. The maximum Gasteiger partial charge on any atom is 0.307 e. The molecule has 0 unspecified atom stereocenters. The van der Waals surface area contributed by atoms with Crippen LogP contribution in [0.1, 0.15) is 11.3 Å². The van der Waals surface area contributed by atoms with E-state index < -0.39 is 5.97 Å². The SMILES string of the molecule is Cc1oncc1-c1[nH]ncc1CC(=O)O. The van der Waals surface area contributed by atoms with Crippen molar-refractivity contribution in [1.82, 2.24) is 15.4 Å². The summed E-state index contributed by atoms with van der Waals surface area (Å²) < 4.78 is 4.90. The van der Waals surface area contributed by atoms with Crippen molar-refractivity contribution in [3.63, 3.8) is 0 Å². The van der Waals surface area contributed by atoms with Gasteiger partial charge in [0.1, 0.15) is 5.76 Å². The van der Waals surface area contributed by atoms with E-state index in [1.807, 2.05) is 0 Å². The Bertz CT molecular complexity index is 486. The Kier molecular flexibility index (Phi) is 2.24. The summed E-state index contributed by atoms with van der Waals surface area (Å²) in [6.07, 6.45) is 2.96. The first kappa shape index (κ1) is 9.45. The first-order valence-electron chi connectivity index (χ1n) is 4.34. The normalized spacial score (nSPS) is 10.5. The van der Waals surface area contributed by atoms with E-state index in [0.29, 0.717) is 17.0 Å². The molecule has 0 saturated carbocycles. The van der Waals surface area contributed by atoms with Crippen molar-refractivity contribution in [2.24, 2.45) is 0 Å². The minimum Gasteiger partial charge on any atom is -0.481 e. The lowest BCUT2D eigenvalue weighted by molar-refractivity contribution is -0.136. The van der Waals surface area contributed by atoms with Gasteiger partial charge >= 0.3 is 5.97 Å². The van der Waals surface area contributed by atoms with Gasteiger partial charge in [-0.25, -0.2) is 0 Å². The number of carboxylic acid groups (broad SMARTS) is 1. The van der Waals surface area contributed by atoms with Gasteiger partial charge in [0.25, 0.3) is 0 Å². The number of nitrogens with zero attached hydrogens (tertiary/aromatic N) is 2. The topological polar surface area (TPSA) is 92.0 Å². The fraction of sp³-hybridized carbons (Fsp3) is 0.222. The molecule has 0 fully saturated rings. The number of carboxylic acids is 1. The molecule has 0 aliphatic rings. The van der Waals surface area contributed by atoms with Crippen LogP contribution in [0.15, 0.2) is 16.9 Å². The van der Waals surface area contributed by atoms with Crippen molar-refractivity contribution in [3.8, 4) is 11.3 Å². The summed E-state index contributed by atoms with van der Waals surface area (Å²) in [5.74, 6) is -0.266. The lowest BCUT2D eigenvalue weighted by Crippen LogP contribution is -2.00. The molecule has 15 heavy (non-hydrogen) atoms. The molecule has 0 atom stereocenters. The van der Waals surface area contributed by atoms with Crippen LogP contribution in [0.5, 0.6) is 0 Å². The predicted molar refractivity (Wildman–Crippen MR) is 50.2 cm³/mol. The Morgan fingerprint density at radius 1 is 1.60 bits per heavy atom. The highest BCUT2D eigenvalue weighted by Gasteiger charge is 2.14. The molecule has 2 rings (SSSR count). The lowest BCUT2D eigenvalue weighted by atomic mass is 10.1. The van der Waals surface area contributed by atoms with Crippen molar-refractivity contribution in [3.05, 3.63) is 23.7 Å². The smallest absolute Gasteiger partial charge is 0.307 e. The first-order valence-corrected chi connectivity index (χ1v) is 4.34. The van der Waals surface area contributed by atoms with E-state index in [0.717, 1.165) is 5.56 Å². The number of aryl methyl sites for hydroxylation is 1. The molecular formula is C9H9N3O3. The van der Waals surface area contributed by atoms with E-state index in [9.17, 15) is 4.79 Å². The number of rotatable bonds is 3. The second-order valence-electron chi connectivity index (χ2n) is 3.14. The molecule has 2 heterocycles. The molecule has 6 heteroatoms. The summed E-state index contributed by atoms with van der Waals surface area (Å²) in [4.78, 5) is 10.6. The van der Waals surface area contributed by atoms with Crippen molar-refractivity contribution in [2.45, 2.75) is 13.3 Å². The number of aromatic nitrogens is 3. The summed E-state index contributed by atoms with van der Waals surface area (Å²) in [5.41, 5.74) is 2.01. The Labute approximate surface area is 84.9 Å². The number of aromatic amines is 1. The van der Waals surface area contributed by atoms with Crippen LogP contribution < -0.4 is 0 Å². The van der Waals surface area contributed by atoms with E-state index in [1.54, 1.807) is 6.92 Å². The Hall–Kier alpha value is -2.11. The molecule has 0 aliphatic heterocycles. The molecule has 0 amide bonds. The zero-order chi connectivity index (χ0) is 10.8. The molecule has 2 aromatic heterocycles. The van der Waals surface area contributed by atoms with Crippen LogP contribution in [0.3, 0.4) is 0 Å². The number of hydrogen-bond acceptors (Lipinski definition) is 4. The average Bonchev–Trinajstić information content (AvgIpc) is 2.73. The second kappa shape index (κ2) is 3.56. The largest absolute Gasteiger partial charge is 0.481 e. The fourth-order valence-corrected chi connectivity index (χ4v) is 1.38. The number of hydrogen-bond donors (Lipinski definition) is 2. The molecule has 2 N–H and O–H groups in total. The van der Waals surface area contributed by atoms with Gasteiger partial charge in [0.2, 0.25) is 0 Å². The van der Waals surface area contributed by atoms with Crippen LogP contribution in [0, 0.1) is 6.92 Å². The number of nitrogens with one attached hydrogen (secondary N) is 1.